The van der Waals surface area contributed by atoms with Crippen LogP contribution in [0.1, 0.15) is 11.4 Å². The van der Waals surface area contributed by atoms with Gasteiger partial charge in [0.15, 0.2) is 5.82 Å². The Morgan fingerprint density at radius 1 is 1.47 bits per heavy atom. The third-order valence-corrected chi connectivity index (χ3v) is 2.77. The summed E-state index contributed by atoms with van der Waals surface area (Å²) in [6.45, 7) is 2.00. The van der Waals surface area contributed by atoms with Crippen LogP contribution in [0.2, 0.25) is 0 Å². The summed E-state index contributed by atoms with van der Waals surface area (Å²) in [5.41, 5.74) is 2.03. The van der Waals surface area contributed by atoms with Gasteiger partial charge in [-0.1, -0.05) is 15.9 Å². The smallest absolute Gasteiger partial charge is 0.171 e. The van der Waals surface area contributed by atoms with Gasteiger partial charge in [0.25, 0.3) is 0 Å². The number of benzene rings is 1. The van der Waals surface area contributed by atoms with Gasteiger partial charge in [-0.3, -0.25) is 0 Å². The summed E-state index contributed by atoms with van der Waals surface area (Å²) in [6, 6.07) is 5.91. The van der Waals surface area contributed by atoms with E-state index in [4.69, 9.17) is 11.6 Å². The Morgan fingerprint density at radius 3 is 2.93 bits per heavy atom. The first-order valence-electron chi connectivity index (χ1n) is 4.32. The summed E-state index contributed by atoms with van der Waals surface area (Å²) in [4.78, 5) is 0. The summed E-state index contributed by atoms with van der Waals surface area (Å²) in [7, 11) is 0. The Morgan fingerprint density at radius 2 is 2.27 bits per heavy atom. The van der Waals surface area contributed by atoms with Crippen LogP contribution in [0.3, 0.4) is 0 Å². The summed E-state index contributed by atoms with van der Waals surface area (Å²) < 4.78 is 2.68. The van der Waals surface area contributed by atoms with E-state index < -0.39 is 0 Å². The lowest BCUT2D eigenvalue weighted by Crippen LogP contribution is -2.03. The van der Waals surface area contributed by atoms with Gasteiger partial charge in [0.05, 0.1) is 11.6 Å². The first kappa shape index (κ1) is 10.6. The Kier molecular flexibility index (Phi) is 3.02. The van der Waals surface area contributed by atoms with E-state index in [0.717, 1.165) is 15.7 Å². The van der Waals surface area contributed by atoms with Crippen molar-refractivity contribution in [1.29, 1.82) is 0 Å². The number of rotatable bonds is 2. The summed E-state index contributed by atoms with van der Waals surface area (Å²) in [5.74, 6) is 0.935. The number of nitrogens with zero attached hydrogens (tertiary/aromatic N) is 4. The van der Waals surface area contributed by atoms with E-state index in [1.165, 1.54) is 0 Å². The van der Waals surface area contributed by atoms with Gasteiger partial charge in [0.1, 0.15) is 0 Å². The number of hydrogen-bond donors (Lipinski definition) is 0. The average molecular weight is 288 g/mol. The molecular formula is C9H8BrClN4. The molecule has 2 rings (SSSR count). The van der Waals surface area contributed by atoms with Crippen molar-refractivity contribution in [2.45, 2.75) is 12.8 Å². The fourth-order valence-electron chi connectivity index (χ4n) is 1.33. The third-order valence-electron chi connectivity index (χ3n) is 2.04. The predicted molar refractivity (Wildman–Crippen MR) is 61.1 cm³/mol. The van der Waals surface area contributed by atoms with Gasteiger partial charge in [0.2, 0.25) is 0 Å². The number of aromatic nitrogens is 4. The predicted octanol–water partition coefficient (Wildman–Crippen LogP) is 2.47. The molecule has 0 N–H and O–H groups in total. The zero-order valence-corrected chi connectivity index (χ0v) is 10.3. The first-order valence-corrected chi connectivity index (χ1v) is 5.65. The van der Waals surface area contributed by atoms with Crippen molar-refractivity contribution in [3.63, 3.8) is 0 Å². The molecule has 0 unspecified atom stereocenters. The lowest BCUT2D eigenvalue weighted by Gasteiger charge is -2.06. The number of aryl methyl sites for hydroxylation is 1. The van der Waals surface area contributed by atoms with Crippen LogP contribution < -0.4 is 0 Å². The number of tetrazole rings is 1. The standard InChI is InChI=1S/C9H8BrClN4/c1-6-4-7(10)2-3-8(6)15-9(5-11)12-13-14-15/h2-4H,5H2,1H3. The van der Waals surface area contributed by atoms with Crippen LogP contribution in [-0.4, -0.2) is 20.2 Å². The molecule has 0 amide bonds. The Hall–Kier alpha value is -0.940. The van der Waals surface area contributed by atoms with E-state index in [-0.39, 0.29) is 0 Å². The minimum Gasteiger partial charge on any atom is -0.196 e. The van der Waals surface area contributed by atoms with Crippen molar-refractivity contribution >= 4 is 27.5 Å². The molecule has 0 fully saturated rings. The molecule has 0 saturated carbocycles. The highest BCUT2D eigenvalue weighted by molar-refractivity contribution is 9.10. The topological polar surface area (TPSA) is 43.6 Å². The molecule has 2 aromatic rings. The maximum absolute atomic E-state index is 5.73. The molecule has 0 atom stereocenters. The maximum atomic E-state index is 5.73. The lowest BCUT2D eigenvalue weighted by atomic mass is 10.2. The highest BCUT2D eigenvalue weighted by Gasteiger charge is 2.09. The van der Waals surface area contributed by atoms with Crippen molar-refractivity contribution in [3.8, 4) is 5.69 Å². The lowest BCUT2D eigenvalue weighted by molar-refractivity contribution is 0.773. The van der Waals surface area contributed by atoms with Gasteiger partial charge in [-0.25, -0.2) is 0 Å². The fraction of sp³-hybridized carbons (Fsp3) is 0.222. The minimum absolute atomic E-state index is 0.294. The van der Waals surface area contributed by atoms with E-state index >= 15 is 0 Å². The van der Waals surface area contributed by atoms with Gasteiger partial charge in [0, 0.05) is 4.47 Å². The molecule has 1 aromatic carbocycles. The largest absolute Gasteiger partial charge is 0.196 e. The number of alkyl halides is 1. The van der Waals surface area contributed by atoms with E-state index in [2.05, 4.69) is 31.5 Å². The van der Waals surface area contributed by atoms with Crippen LogP contribution in [0.15, 0.2) is 22.7 Å². The summed E-state index contributed by atoms with van der Waals surface area (Å²) in [6.07, 6.45) is 0. The van der Waals surface area contributed by atoms with Crippen molar-refractivity contribution in [1.82, 2.24) is 20.2 Å². The minimum atomic E-state index is 0.294. The van der Waals surface area contributed by atoms with Crippen LogP contribution in [0, 0.1) is 6.92 Å². The quantitative estimate of drug-likeness (QED) is 0.797. The van der Waals surface area contributed by atoms with Crippen LogP contribution in [0.5, 0.6) is 0 Å². The van der Waals surface area contributed by atoms with Gasteiger partial charge >= 0.3 is 0 Å². The van der Waals surface area contributed by atoms with Gasteiger partial charge in [-0.05, 0) is 41.1 Å². The van der Waals surface area contributed by atoms with Gasteiger partial charge < -0.3 is 0 Å². The number of hydrogen-bond acceptors (Lipinski definition) is 3. The molecule has 0 aliphatic carbocycles. The molecule has 4 nitrogen and oxygen atoms in total. The van der Waals surface area contributed by atoms with E-state index in [1.54, 1.807) is 4.68 Å². The van der Waals surface area contributed by atoms with E-state index in [9.17, 15) is 0 Å². The molecule has 6 heteroatoms. The molecule has 78 valence electrons. The van der Waals surface area contributed by atoms with Crippen molar-refractivity contribution < 1.29 is 0 Å². The SMILES string of the molecule is Cc1cc(Br)ccc1-n1nnnc1CCl. The van der Waals surface area contributed by atoms with Crippen LogP contribution in [0.4, 0.5) is 0 Å². The summed E-state index contributed by atoms with van der Waals surface area (Å²) in [5, 5.41) is 11.3. The van der Waals surface area contributed by atoms with E-state index in [0.29, 0.717) is 11.7 Å². The van der Waals surface area contributed by atoms with Gasteiger partial charge in [-0.15, -0.1) is 16.7 Å². The zero-order chi connectivity index (χ0) is 10.8. The first-order chi connectivity index (χ1) is 7.22. The maximum Gasteiger partial charge on any atom is 0.171 e. The second-order valence-corrected chi connectivity index (χ2v) is 4.25. The molecule has 0 aliphatic heterocycles. The zero-order valence-electron chi connectivity index (χ0n) is 7.98. The highest BCUT2D eigenvalue weighted by atomic mass is 79.9. The van der Waals surface area contributed by atoms with Gasteiger partial charge in [-0.2, -0.15) is 4.68 Å². The second-order valence-electron chi connectivity index (χ2n) is 3.07. The molecule has 0 saturated heterocycles. The van der Waals surface area contributed by atoms with Crippen LogP contribution in [-0.2, 0) is 5.88 Å². The Balaban J connectivity index is 2.54. The normalized spacial score (nSPS) is 10.6. The molecular weight excluding hydrogens is 279 g/mol. The van der Waals surface area contributed by atoms with Crippen molar-refractivity contribution in [2.75, 3.05) is 0 Å². The van der Waals surface area contributed by atoms with Crippen LogP contribution in [0.25, 0.3) is 5.69 Å². The third kappa shape index (κ3) is 2.03. The molecule has 15 heavy (non-hydrogen) atoms. The van der Waals surface area contributed by atoms with Crippen LogP contribution >= 0.6 is 27.5 Å². The highest BCUT2D eigenvalue weighted by Crippen LogP contribution is 2.19. The number of halogens is 2. The Labute approximate surface area is 100 Å². The average Bonchev–Trinajstić information content (AvgIpc) is 2.65. The molecule has 0 aliphatic rings. The molecule has 0 bridgehead atoms. The summed E-state index contributed by atoms with van der Waals surface area (Å²) >= 11 is 9.14. The molecule has 1 aromatic heterocycles. The van der Waals surface area contributed by atoms with Crippen molar-refractivity contribution in [3.05, 3.63) is 34.1 Å². The second kappa shape index (κ2) is 4.28. The van der Waals surface area contributed by atoms with Crippen molar-refractivity contribution in [2.24, 2.45) is 0 Å². The molecule has 0 radical (unpaired) electrons. The molecule has 1 heterocycles. The molecule has 0 spiro atoms. The van der Waals surface area contributed by atoms with E-state index in [1.807, 2.05) is 25.1 Å². The fourth-order valence-corrected chi connectivity index (χ4v) is 1.97. The Bertz CT molecular complexity index is 483. The monoisotopic (exact) mass is 286 g/mol.